The van der Waals surface area contributed by atoms with Gasteiger partial charge in [-0.1, -0.05) is 11.6 Å². The SMILES string of the molecule is CC(C)Nc1ncc2nc(Nc3ccc(F)cc3Cl)n([C@H]3CC[C@H](C(N)=O)CC3)c2n1. The lowest BCUT2D eigenvalue weighted by atomic mass is 9.85. The molecule has 2 aromatic heterocycles. The Hall–Kier alpha value is -2.94. The molecule has 8 nitrogen and oxygen atoms in total. The highest BCUT2D eigenvalue weighted by molar-refractivity contribution is 6.33. The zero-order valence-electron chi connectivity index (χ0n) is 17.4. The molecule has 0 spiro atoms. The van der Waals surface area contributed by atoms with Gasteiger partial charge in [0.2, 0.25) is 17.8 Å². The van der Waals surface area contributed by atoms with Crippen molar-refractivity contribution in [2.24, 2.45) is 11.7 Å². The van der Waals surface area contributed by atoms with Crippen molar-refractivity contribution >= 4 is 46.3 Å². The molecule has 1 aliphatic carbocycles. The third-order valence-electron chi connectivity index (χ3n) is 5.49. The molecule has 1 aliphatic rings. The number of aromatic nitrogens is 4. The lowest BCUT2D eigenvalue weighted by molar-refractivity contribution is -0.122. The van der Waals surface area contributed by atoms with Crippen molar-refractivity contribution < 1.29 is 9.18 Å². The Labute approximate surface area is 184 Å². The maximum atomic E-state index is 13.5. The first-order valence-electron chi connectivity index (χ1n) is 10.3. The second-order valence-electron chi connectivity index (χ2n) is 8.16. The molecule has 31 heavy (non-hydrogen) atoms. The van der Waals surface area contributed by atoms with Crippen molar-refractivity contribution in [2.45, 2.75) is 51.6 Å². The van der Waals surface area contributed by atoms with Crippen LogP contribution in [-0.2, 0) is 4.79 Å². The molecular weight excluding hydrogens is 421 g/mol. The summed E-state index contributed by atoms with van der Waals surface area (Å²) in [6.07, 6.45) is 4.62. The van der Waals surface area contributed by atoms with Gasteiger partial charge in [0.1, 0.15) is 11.3 Å². The van der Waals surface area contributed by atoms with Gasteiger partial charge in [0.15, 0.2) is 5.65 Å². The van der Waals surface area contributed by atoms with E-state index in [1.54, 1.807) is 12.3 Å². The molecule has 1 saturated carbocycles. The van der Waals surface area contributed by atoms with Gasteiger partial charge >= 0.3 is 0 Å². The summed E-state index contributed by atoms with van der Waals surface area (Å²) in [6.45, 7) is 4.03. The Morgan fingerprint density at radius 1 is 1.26 bits per heavy atom. The molecule has 4 N–H and O–H groups in total. The van der Waals surface area contributed by atoms with E-state index in [1.807, 2.05) is 18.4 Å². The second-order valence-corrected chi connectivity index (χ2v) is 8.57. The van der Waals surface area contributed by atoms with Gasteiger partial charge in [-0.2, -0.15) is 4.98 Å². The van der Waals surface area contributed by atoms with Crippen molar-refractivity contribution in [3.63, 3.8) is 0 Å². The summed E-state index contributed by atoms with van der Waals surface area (Å²) in [4.78, 5) is 25.3. The number of fused-ring (bicyclic) bond motifs is 1. The van der Waals surface area contributed by atoms with E-state index >= 15 is 0 Å². The zero-order chi connectivity index (χ0) is 22.1. The average molecular weight is 446 g/mol. The van der Waals surface area contributed by atoms with E-state index in [0.29, 0.717) is 41.6 Å². The molecule has 1 amide bonds. The van der Waals surface area contributed by atoms with Crippen molar-refractivity contribution in [3.05, 3.63) is 35.2 Å². The number of halogens is 2. The highest BCUT2D eigenvalue weighted by Gasteiger charge is 2.29. The minimum atomic E-state index is -0.413. The lowest BCUT2D eigenvalue weighted by Crippen LogP contribution is -2.28. The Morgan fingerprint density at radius 3 is 2.65 bits per heavy atom. The summed E-state index contributed by atoms with van der Waals surface area (Å²) in [5.74, 6) is 0.282. The van der Waals surface area contributed by atoms with Gasteiger partial charge in [-0.3, -0.25) is 9.36 Å². The number of carbonyl (C=O) groups excluding carboxylic acids is 1. The number of anilines is 3. The number of nitrogens with one attached hydrogen (secondary N) is 2. The predicted octanol–water partition coefficient (Wildman–Crippen LogP) is 4.40. The summed E-state index contributed by atoms with van der Waals surface area (Å²) < 4.78 is 15.5. The minimum Gasteiger partial charge on any atom is -0.369 e. The van der Waals surface area contributed by atoms with Crippen LogP contribution in [0.5, 0.6) is 0 Å². The first kappa shape index (κ1) is 21.3. The quantitative estimate of drug-likeness (QED) is 0.518. The molecule has 4 rings (SSSR count). The molecule has 0 unspecified atom stereocenters. The van der Waals surface area contributed by atoms with Gasteiger partial charge in [0, 0.05) is 18.0 Å². The number of primary amides is 1. The van der Waals surface area contributed by atoms with Crippen LogP contribution in [0.15, 0.2) is 24.4 Å². The first-order chi connectivity index (χ1) is 14.8. The van der Waals surface area contributed by atoms with Crippen molar-refractivity contribution in [2.75, 3.05) is 10.6 Å². The number of nitrogens with zero attached hydrogens (tertiary/aromatic N) is 4. The van der Waals surface area contributed by atoms with Crippen LogP contribution in [0.1, 0.15) is 45.6 Å². The molecule has 0 aliphatic heterocycles. The van der Waals surface area contributed by atoms with Crippen LogP contribution < -0.4 is 16.4 Å². The predicted molar refractivity (Wildman–Crippen MR) is 119 cm³/mol. The van der Waals surface area contributed by atoms with Crippen LogP contribution in [0.2, 0.25) is 5.02 Å². The number of rotatable bonds is 6. The molecule has 3 aromatic rings. The highest BCUT2D eigenvalue weighted by Crippen LogP contribution is 2.37. The van der Waals surface area contributed by atoms with E-state index in [4.69, 9.17) is 22.3 Å². The fourth-order valence-electron chi connectivity index (χ4n) is 3.98. The fraction of sp³-hybridized carbons (Fsp3) is 0.429. The van der Waals surface area contributed by atoms with Crippen molar-refractivity contribution in [1.82, 2.24) is 19.5 Å². The number of hydrogen-bond acceptors (Lipinski definition) is 6. The smallest absolute Gasteiger partial charge is 0.224 e. The second kappa shape index (κ2) is 8.66. The Balaban J connectivity index is 1.75. The van der Waals surface area contributed by atoms with Gasteiger partial charge in [-0.05, 0) is 57.7 Å². The van der Waals surface area contributed by atoms with Gasteiger partial charge in [-0.15, -0.1) is 0 Å². The maximum Gasteiger partial charge on any atom is 0.224 e. The number of amides is 1. The van der Waals surface area contributed by atoms with Crippen LogP contribution in [0.3, 0.4) is 0 Å². The van der Waals surface area contributed by atoms with Gasteiger partial charge in [0.25, 0.3) is 0 Å². The molecular formula is C21H25ClFN7O. The first-order valence-corrected chi connectivity index (χ1v) is 10.7. The largest absolute Gasteiger partial charge is 0.369 e. The van der Waals surface area contributed by atoms with Gasteiger partial charge < -0.3 is 16.4 Å². The lowest BCUT2D eigenvalue weighted by Gasteiger charge is -2.29. The molecule has 164 valence electrons. The summed E-state index contributed by atoms with van der Waals surface area (Å²) in [5, 5.41) is 6.69. The Morgan fingerprint density at radius 2 is 2.00 bits per heavy atom. The van der Waals surface area contributed by atoms with E-state index in [9.17, 15) is 9.18 Å². The molecule has 1 aromatic carbocycles. The normalized spacial score (nSPS) is 19.0. The maximum absolute atomic E-state index is 13.5. The molecule has 2 heterocycles. The number of imidazole rings is 1. The van der Waals surface area contributed by atoms with Gasteiger partial charge in [0.05, 0.1) is 16.9 Å². The van der Waals surface area contributed by atoms with Crippen LogP contribution in [0.4, 0.5) is 22.0 Å². The zero-order valence-corrected chi connectivity index (χ0v) is 18.2. The summed E-state index contributed by atoms with van der Waals surface area (Å²) in [6, 6.07) is 4.41. The average Bonchev–Trinajstić information content (AvgIpc) is 3.07. The molecule has 0 bridgehead atoms. The molecule has 0 radical (unpaired) electrons. The van der Waals surface area contributed by atoms with Crippen molar-refractivity contribution in [1.29, 1.82) is 0 Å². The third kappa shape index (κ3) is 4.56. The fourth-order valence-corrected chi connectivity index (χ4v) is 4.20. The Bertz CT molecular complexity index is 1110. The van der Waals surface area contributed by atoms with E-state index in [-0.39, 0.29) is 28.9 Å². The van der Waals surface area contributed by atoms with E-state index in [2.05, 4.69) is 20.6 Å². The van der Waals surface area contributed by atoms with E-state index in [0.717, 1.165) is 12.8 Å². The van der Waals surface area contributed by atoms with Crippen LogP contribution in [0, 0.1) is 11.7 Å². The van der Waals surface area contributed by atoms with Crippen LogP contribution >= 0.6 is 11.6 Å². The van der Waals surface area contributed by atoms with Crippen LogP contribution in [-0.4, -0.2) is 31.5 Å². The van der Waals surface area contributed by atoms with Crippen molar-refractivity contribution in [3.8, 4) is 0 Å². The van der Waals surface area contributed by atoms with E-state index < -0.39 is 5.82 Å². The highest BCUT2D eigenvalue weighted by atomic mass is 35.5. The number of benzene rings is 1. The molecule has 0 atom stereocenters. The molecule has 10 heteroatoms. The summed E-state index contributed by atoms with van der Waals surface area (Å²) in [5.41, 5.74) is 7.36. The Kier molecular flexibility index (Phi) is 5.95. The standard InChI is InChI=1S/C21H25ClFN7O/c1-11(2)26-20-25-10-17-19(29-20)30(14-6-3-12(4-7-14)18(24)31)21(28-17)27-16-8-5-13(23)9-15(16)22/h5,8-12,14H,3-4,6-7H2,1-2H3,(H2,24,31)(H,27,28)(H,25,26,29)/t12-,14-. The monoisotopic (exact) mass is 445 g/mol. The molecule has 1 fully saturated rings. The third-order valence-corrected chi connectivity index (χ3v) is 5.81. The van der Waals surface area contributed by atoms with Gasteiger partial charge in [-0.25, -0.2) is 14.4 Å². The summed E-state index contributed by atoms with van der Waals surface area (Å²) in [7, 11) is 0. The number of nitrogens with two attached hydrogens (primary N) is 1. The van der Waals surface area contributed by atoms with Crippen LogP contribution in [0.25, 0.3) is 11.2 Å². The summed E-state index contributed by atoms with van der Waals surface area (Å²) >= 11 is 6.22. The molecule has 0 saturated heterocycles. The van der Waals surface area contributed by atoms with E-state index in [1.165, 1.54) is 12.1 Å². The topological polar surface area (TPSA) is 111 Å². The number of carbonyl (C=O) groups is 1. The minimum absolute atomic E-state index is 0.0733. The number of hydrogen-bond donors (Lipinski definition) is 3.